The Balaban J connectivity index is 0. The fourth-order valence-electron chi connectivity index (χ4n) is 2.01. The van der Waals surface area contributed by atoms with Crippen LogP contribution in [0.5, 0.6) is 0 Å². The Hall–Kier alpha value is 0.608. The first-order chi connectivity index (χ1) is 5.86. The van der Waals surface area contributed by atoms with Crippen LogP contribution in [0.4, 0.5) is 0 Å². The summed E-state index contributed by atoms with van der Waals surface area (Å²) < 4.78 is 0. The third-order valence-electron chi connectivity index (χ3n) is 2.99. The average molecular weight is 369 g/mol. The largest absolute Gasteiger partial charge is 2.00 e. The summed E-state index contributed by atoms with van der Waals surface area (Å²) in [5.74, 6) is 1.48. The standard InChI is InChI=1S/C10H20NO.CH3.W/c1-11-7-6-9-2-4-10(8-12)5-3-9;;/h9-10,12H,2-8H2,1H3;1H3;/q2*-1;+2. The molecule has 0 aromatic carbocycles. The van der Waals surface area contributed by atoms with Crippen LogP contribution in [0.1, 0.15) is 32.1 Å². The van der Waals surface area contributed by atoms with Crippen molar-refractivity contribution in [2.24, 2.45) is 11.8 Å². The van der Waals surface area contributed by atoms with Crippen LogP contribution in [0.3, 0.4) is 0 Å². The van der Waals surface area contributed by atoms with Crippen molar-refractivity contribution in [3.63, 3.8) is 0 Å². The molecule has 0 unspecified atom stereocenters. The van der Waals surface area contributed by atoms with Gasteiger partial charge in [0.1, 0.15) is 0 Å². The number of aliphatic hydroxyl groups excluding tert-OH is 1. The molecule has 0 aliphatic heterocycles. The van der Waals surface area contributed by atoms with Crippen LogP contribution in [0.2, 0.25) is 0 Å². The molecule has 2 nitrogen and oxygen atoms in total. The van der Waals surface area contributed by atoms with Gasteiger partial charge in [-0.05, 0) is 24.7 Å². The molecule has 1 rings (SSSR count). The normalized spacial score (nSPS) is 26.1. The Morgan fingerprint density at radius 3 is 2.07 bits per heavy atom. The van der Waals surface area contributed by atoms with E-state index >= 15 is 0 Å². The summed E-state index contributed by atoms with van der Waals surface area (Å²) in [7, 11) is 1.89. The summed E-state index contributed by atoms with van der Waals surface area (Å²) in [6.07, 6.45) is 6.33. The van der Waals surface area contributed by atoms with Gasteiger partial charge in [0, 0.05) is 6.61 Å². The van der Waals surface area contributed by atoms with Gasteiger partial charge < -0.3 is 17.8 Å². The Morgan fingerprint density at radius 2 is 1.64 bits per heavy atom. The van der Waals surface area contributed by atoms with Gasteiger partial charge >= 0.3 is 21.1 Å². The average Bonchev–Trinajstić information content (AvgIpc) is 2.15. The predicted octanol–water partition coefficient (Wildman–Crippen LogP) is 2.63. The first-order valence-electron chi connectivity index (χ1n) is 5.03. The SMILES string of the molecule is C[N-]CCC1CCC(CO)CC1.[CH3-].[W+2]. The maximum absolute atomic E-state index is 8.93. The summed E-state index contributed by atoms with van der Waals surface area (Å²) in [6.45, 7) is 1.42. The van der Waals surface area contributed by atoms with Gasteiger partial charge in [-0.15, -0.1) is 6.54 Å². The van der Waals surface area contributed by atoms with Crippen molar-refractivity contribution >= 4 is 0 Å². The van der Waals surface area contributed by atoms with E-state index < -0.39 is 0 Å². The molecule has 0 heterocycles. The minimum absolute atomic E-state index is 0. The number of rotatable bonds is 4. The molecule has 1 fully saturated rings. The van der Waals surface area contributed by atoms with Crippen LogP contribution in [0.15, 0.2) is 0 Å². The molecule has 84 valence electrons. The number of nitrogens with zero attached hydrogens (tertiary/aromatic N) is 1. The fraction of sp³-hybridized carbons (Fsp3) is 0.909. The summed E-state index contributed by atoms with van der Waals surface area (Å²) in [4.78, 5) is 0. The van der Waals surface area contributed by atoms with Crippen molar-refractivity contribution in [1.29, 1.82) is 0 Å². The molecule has 0 spiro atoms. The van der Waals surface area contributed by atoms with Crippen molar-refractivity contribution in [2.75, 3.05) is 20.2 Å². The molecule has 1 aliphatic carbocycles. The summed E-state index contributed by atoms with van der Waals surface area (Å²) in [5.41, 5.74) is 0. The molecule has 0 aromatic heterocycles. The first-order valence-corrected chi connectivity index (χ1v) is 5.03. The Kier molecular flexibility index (Phi) is 12.3. The molecule has 0 bridgehead atoms. The maximum Gasteiger partial charge on any atom is 2.00 e. The molecule has 0 aromatic rings. The first kappa shape index (κ1) is 17.0. The van der Waals surface area contributed by atoms with Gasteiger partial charge in [-0.1, -0.05) is 19.3 Å². The van der Waals surface area contributed by atoms with Crippen LogP contribution in [-0.4, -0.2) is 25.3 Å². The second-order valence-electron chi connectivity index (χ2n) is 3.90. The molecule has 14 heavy (non-hydrogen) atoms. The van der Waals surface area contributed by atoms with E-state index in [0.717, 1.165) is 12.5 Å². The van der Waals surface area contributed by atoms with Crippen LogP contribution in [-0.2, 0) is 21.1 Å². The monoisotopic (exact) mass is 369 g/mol. The van der Waals surface area contributed by atoms with Crippen LogP contribution in [0.25, 0.3) is 5.32 Å². The van der Waals surface area contributed by atoms with E-state index in [0.29, 0.717) is 12.5 Å². The molecule has 0 atom stereocenters. The van der Waals surface area contributed by atoms with E-state index in [2.05, 4.69) is 5.32 Å². The molecule has 1 N–H and O–H groups in total. The van der Waals surface area contributed by atoms with Gasteiger partial charge in [0.25, 0.3) is 0 Å². The molecule has 3 heteroatoms. The third-order valence-corrected chi connectivity index (χ3v) is 2.99. The minimum Gasteiger partial charge on any atom is -0.665 e. The van der Waals surface area contributed by atoms with E-state index in [1.807, 2.05) is 7.05 Å². The van der Waals surface area contributed by atoms with Gasteiger partial charge in [0.15, 0.2) is 0 Å². The molecule has 1 aliphatic rings. The van der Waals surface area contributed by atoms with Crippen molar-refractivity contribution in [3.05, 3.63) is 12.7 Å². The molecule has 0 radical (unpaired) electrons. The van der Waals surface area contributed by atoms with E-state index in [4.69, 9.17) is 5.11 Å². The molecule has 1 saturated carbocycles. The molecular formula is C11H23NOW. The van der Waals surface area contributed by atoms with E-state index in [9.17, 15) is 0 Å². The van der Waals surface area contributed by atoms with Crippen molar-refractivity contribution < 1.29 is 26.2 Å². The summed E-state index contributed by atoms with van der Waals surface area (Å²) in [6, 6.07) is 0. The van der Waals surface area contributed by atoms with Crippen molar-refractivity contribution in [3.8, 4) is 0 Å². The van der Waals surface area contributed by atoms with Gasteiger partial charge in [-0.2, -0.15) is 7.05 Å². The fourth-order valence-corrected chi connectivity index (χ4v) is 2.01. The predicted molar refractivity (Wildman–Crippen MR) is 57.7 cm³/mol. The number of hydrogen-bond acceptors (Lipinski definition) is 1. The van der Waals surface area contributed by atoms with Gasteiger partial charge in [0.2, 0.25) is 0 Å². The minimum atomic E-state index is 0. The number of hydrogen-bond donors (Lipinski definition) is 1. The van der Waals surface area contributed by atoms with Gasteiger partial charge in [0.05, 0.1) is 0 Å². The van der Waals surface area contributed by atoms with E-state index in [1.165, 1.54) is 32.1 Å². The van der Waals surface area contributed by atoms with Crippen LogP contribution in [0, 0.1) is 19.3 Å². The smallest absolute Gasteiger partial charge is 0.665 e. The Labute approximate surface area is 103 Å². The molecule has 0 saturated heterocycles. The zero-order valence-corrected chi connectivity index (χ0v) is 12.3. The Bertz CT molecular complexity index is 114. The summed E-state index contributed by atoms with van der Waals surface area (Å²) in [5, 5.41) is 13.1. The van der Waals surface area contributed by atoms with Crippen LogP contribution < -0.4 is 0 Å². The zero-order chi connectivity index (χ0) is 8.81. The molecule has 0 amide bonds. The van der Waals surface area contributed by atoms with Gasteiger partial charge in [-0.3, -0.25) is 0 Å². The second kappa shape index (κ2) is 10.1. The maximum atomic E-state index is 8.93. The van der Waals surface area contributed by atoms with Crippen LogP contribution >= 0.6 is 0 Å². The quantitative estimate of drug-likeness (QED) is 0.760. The van der Waals surface area contributed by atoms with Crippen molar-refractivity contribution in [1.82, 2.24) is 0 Å². The summed E-state index contributed by atoms with van der Waals surface area (Å²) >= 11 is 0. The van der Waals surface area contributed by atoms with Crippen molar-refractivity contribution in [2.45, 2.75) is 32.1 Å². The third kappa shape index (κ3) is 6.16. The topological polar surface area (TPSA) is 34.3 Å². The number of aliphatic hydroxyl groups is 1. The molecular weight excluding hydrogens is 346 g/mol. The van der Waals surface area contributed by atoms with E-state index in [1.54, 1.807) is 0 Å². The second-order valence-corrected chi connectivity index (χ2v) is 3.90. The Morgan fingerprint density at radius 1 is 1.14 bits per heavy atom. The van der Waals surface area contributed by atoms with E-state index in [-0.39, 0.29) is 28.5 Å². The zero-order valence-electron chi connectivity index (χ0n) is 9.41. The van der Waals surface area contributed by atoms with Gasteiger partial charge in [-0.25, -0.2) is 0 Å².